The Morgan fingerprint density at radius 2 is 1.89 bits per heavy atom. The number of anilines is 2. The van der Waals surface area contributed by atoms with Crippen LogP contribution >= 0.6 is 0 Å². The predicted octanol–water partition coefficient (Wildman–Crippen LogP) is 2.02. The van der Waals surface area contributed by atoms with Crippen molar-refractivity contribution in [1.82, 2.24) is 4.57 Å². The Bertz CT molecular complexity index is 717. The van der Waals surface area contributed by atoms with Gasteiger partial charge in [-0.05, 0) is 37.1 Å². The van der Waals surface area contributed by atoms with E-state index in [1.807, 2.05) is 6.92 Å². The smallest absolute Gasteiger partial charge is 0.263 e. The largest absolute Gasteiger partial charge is 0.398 e. The third-order valence-electron chi connectivity index (χ3n) is 3.09. The summed E-state index contributed by atoms with van der Waals surface area (Å²) in [5.74, 6) is 0. The fourth-order valence-corrected chi connectivity index (χ4v) is 2.99. The van der Waals surface area contributed by atoms with Gasteiger partial charge in [0, 0.05) is 25.1 Å². The van der Waals surface area contributed by atoms with Crippen molar-refractivity contribution in [1.29, 1.82) is 0 Å². The van der Waals surface area contributed by atoms with E-state index in [1.165, 1.54) is 0 Å². The van der Waals surface area contributed by atoms with E-state index >= 15 is 0 Å². The van der Waals surface area contributed by atoms with Gasteiger partial charge in [-0.1, -0.05) is 6.07 Å². The van der Waals surface area contributed by atoms with E-state index in [1.54, 1.807) is 49.1 Å². The number of nitrogen functional groups attached to an aromatic ring is 1. The van der Waals surface area contributed by atoms with Gasteiger partial charge >= 0.3 is 0 Å². The minimum absolute atomic E-state index is 0.230. The first kappa shape index (κ1) is 13.5. The number of aromatic nitrogens is 1. The first-order chi connectivity index (χ1) is 8.81. The molecule has 2 aromatic rings. The van der Waals surface area contributed by atoms with Crippen molar-refractivity contribution < 1.29 is 8.42 Å². The third kappa shape index (κ3) is 2.58. The van der Waals surface area contributed by atoms with Crippen LogP contribution < -0.4 is 10.5 Å². The number of nitrogens with one attached hydrogen (secondary N) is 1. The number of aryl methyl sites for hydroxylation is 2. The Morgan fingerprint density at radius 3 is 2.47 bits per heavy atom. The SMILES string of the molecule is Cc1ccc(NS(=O)(=O)c2ccn(C)c2)c(C)c1N. The maximum absolute atomic E-state index is 12.2. The van der Waals surface area contributed by atoms with Gasteiger partial charge in [0.1, 0.15) is 4.90 Å². The van der Waals surface area contributed by atoms with Crippen LogP contribution in [0.3, 0.4) is 0 Å². The molecule has 6 heteroatoms. The van der Waals surface area contributed by atoms with Crippen molar-refractivity contribution in [3.8, 4) is 0 Å². The molecule has 0 unspecified atom stereocenters. The van der Waals surface area contributed by atoms with Gasteiger partial charge in [0.15, 0.2) is 0 Å². The summed E-state index contributed by atoms with van der Waals surface area (Å²) < 4.78 is 28.6. The molecule has 0 amide bonds. The van der Waals surface area contributed by atoms with E-state index in [4.69, 9.17) is 5.73 Å². The third-order valence-corrected chi connectivity index (χ3v) is 4.44. The highest BCUT2D eigenvalue weighted by Crippen LogP contribution is 2.26. The molecule has 0 spiro atoms. The molecule has 1 heterocycles. The second-order valence-electron chi connectivity index (χ2n) is 4.59. The maximum atomic E-state index is 12.2. The van der Waals surface area contributed by atoms with Gasteiger partial charge in [0.05, 0.1) is 5.69 Å². The normalized spacial score (nSPS) is 11.5. The van der Waals surface area contributed by atoms with Crippen molar-refractivity contribution in [2.75, 3.05) is 10.5 Å². The Hall–Kier alpha value is -1.95. The van der Waals surface area contributed by atoms with Crippen LogP contribution in [0.15, 0.2) is 35.5 Å². The van der Waals surface area contributed by atoms with Crippen LogP contribution in [0.1, 0.15) is 11.1 Å². The number of sulfonamides is 1. The molecular formula is C13H17N3O2S. The molecule has 19 heavy (non-hydrogen) atoms. The Labute approximate surface area is 113 Å². The maximum Gasteiger partial charge on any atom is 0.263 e. The molecule has 1 aromatic heterocycles. The summed E-state index contributed by atoms with van der Waals surface area (Å²) in [5, 5.41) is 0. The predicted molar refractivity (Wildman–Crippen MR) is 76.5 cm³/mol. The fraction of sp³-hybridized carbons (Fsp3) is 0.231. The number of hydrogen-bond acceptors (Lipinski definition) is 3. The lowest BCUT2D eigenvalue weighted by molar-refractivity contribution is 0.601. The number of nitrogens with two attached hydrogens (primary N) is 1. The molecule has 0 saturated carbocycles. The zero-order chi connectivity index (χ0) is 14.2. The van der Waals surface area contributed by atoms with Gasteiger partial charge in [-0.25, -0.2) is 8.42 Å². The first-order valence-corrected chi connectivity index (χ1v) is 7.30. The zero-order valence-corrected chi connectivity index (χ0v) is 12.0. The molecule has 0 atom stereocenters. The molecular weight excluding hydrogens is 262 g/mol. The number of benzene rings is 1. The van der Waals surface area contributed by atoms with Crippen LogP contribution in [0.2, 0.25) is 0 Å². The van der Waals surface area contributed by atoms with E-state index in [-0.39, 0.29) is 4.90 Å². The zero-order valence-electron chi connectivity index (χ0n) is 11.1. The quantitative estimate of drug-likeness (QED) is 0.844. The van der Waals surface area contributed by atoms with Crippen molar-refractivity contribution in [3.05, 3.63) is 41.7 Å². The van der Waals surface area contributed by atoms with Crippen molar-refractivity contribution in [2.24, 2.45) is 7.05 Å². The molecule has 5 nitrogen and oxygen atoms in total. The van der Waals surface area contributed by atoms with Gasteiger partial charge in [-0.15, -0.1) is 0 Å². The van der Waals surface area contributed by atoms with E-state index in [0.717, 1.165) is 11.1 Å². The van der Waals surface area contributed by atoms with Crippen molar-refractivity contribution in [3.63, 3.8) is 0 Å². The van der Waals surface area contributed by atoms with Crippen molar-refractivity contribution >= 4 is 21.4 Å². The molecule has 0 fully saturated rings. The summed E-state index contributed by atoms with van der Waals surface area (Å²) in [4.78, 5) is 0.230. The van der Waals surface area contributed by atoms with Crippen LogP contribution in [-0.4, -0.2) is 13.0 Å². The molecule has 0 aliphatic carbocycles. The van der Waals surface area contributed by atoms with E-state index in [9.17, 15) is 8.42 Å². The van der Waals surface area contributed by atoms with Crippen LogP contribution in [0, 0.1) is 13.8 Å². The summed E-state index contributed by atoms with van der Waals surface area (Å²) >= 11 is 0. The molecule has 0 bridgehead atoms. The van der Waals surface area contributed by atoms with Gasteiger partial charge in [0.2, 0.25) is 0 Å². The minimum atomic E-state index is -3.57. The van der Waals surface area contributed by atoms with Gasteiger partial charge in [-0.3, -0.25) is 4.72 Å². The molecule has 1 aromatic carbocycles. The van der Waals surface area contributed by atoms with Gasteiger partial charge in [0.25, 0.3) is 10.0 Å². The second kappa shape index (κ2) is 4.62. The van der Waals surface area contributed by atoms with E-state index in [0.29, 0.717) is 11.4 Å². The number of nitrogens with zero attached hydrogens (tertiary/aromatic N) is 1. The topological polar surface area (TPSA) is 77.1 Å². The molecule has 0 radical (unpaired) electrons. The lowest BCUT2D eigenvalue weighted by Crippen LogP contribution is -2.14. The van der Waals surface area contributed by atoms with Crippen LogP contribution in [0.4, 0.5) is 11.4 Å². The molecule has 0 aliphatic rings. The number of hydrogen-bond donors (Lipinski definition) is 2. The average molecular weight is 279 g/mol. The van der Waals surface area contributed by atoms with E-state index < -0.39 is 10.0 Å². The van der Waals surface area contributed by atoms with Crippen LogP contribution in [0.5, 0.6) is 0 Å². The summed E-state index contributed by atoms with van der Waals surface area (Å²) in [5.41, 5.74) is 8.68. The first-order valence-electron chi connectivity index (χ1n) is 5.82. The highest BCUT2D eigenvalue weighted by atomic mass is 32.2. The molecule has 102 valence electrons. The molecule has 0 aliphatic heterocycles. The number of rotatable bonds is 3. The lowest BCUT2D eigenvalue weighted by Gasteiger charge is -2.12. The highest BCUT2D eigenvalue weighted by Gasteiger charge is 2.17. The summed E-state index contributed by atoms with van der Waals surface area (Å²) in [6, 6.07) is 5.07. The lowest BCUT2D eigenvalue weighted by atomic mass is 10.1. The van der Waals surface area contributed by atoms with Crippen molar-refractivity contribution in [2.45, 2.75) is 18.7 Å². The van der Waals surface area contributed by atoms with E-state index in [2.05, 4.69) is 4.72 Å². The molecule has 0 saturated heterocycles. The van der Waals surface area contributed by atoms with Gasteiger partial charge in [-0.2, -0.15) is 0 Å². The van der Waals surface area contributed by atoms with Crippen LogP contribution in [-0.2, 0) is 17.1 Å². The highest BCUT2D eigenvalue weighted by molar-refractivity contribution is 7.92. The summed E-state index contributed by atoms with van der Waals surface area (Å²) in [7, 11) is -1.80. The summed E-state index contributed by atoms with van der Waals surface area (Å²) in [6.45, 7) is 3.68. The minimum Gasteiger partial charge on any atom is -0.398 e. The van der Waals surface area contributed by atoms with Gasteiger partial charge < -0.3 is 10.3 Å². The average Bonchev–Trinajstić information content (AvgIpc) is 2.78. The monoisotopic (exact) mass is 279 g/mol. The Balaban J connectivity index is 2.39. The van der Waals surface area contributed by atoms with Crippen LogP contribution in [0.25, 0.3) is 0 Å². The summed E-state index contributed by atoms with van der Waals surface area (Å²) in [6.07, 6.45) is 3.24. The Kier molecular flexibility index (Phi) is 3.28. The second-order valence-corrected chi connectivity index (χ2v) is 6.27. The Morgan fingerprint density at radius 1 is 1.21 bits per heavy atom. The molecule has 3 N–H and O–H groups in total. The fourth-order valence-electron chi connectivity index (χ4n) is 1.81. The molecule has 2 rings (SSSR count). The standard InChI is InChI=1S/C13H17N3O2S/c1-9-4-5-12(10(2)13(9)14)15-19(17,18)11-6-7-16(3)8-11/h4-8,15H,14H2,1-3H3.